The van der Waals surface area contributed by atoms with Gasteiger partial charge in [0.05, 0.1) is 12.2 Å². The number of hydrogen-bond donors (Lipinski definition) is 1. The number of ether oxygens (including phenoxy) is 3. The maximum atomic E-state index is 11.9. The Morgan fingerprint density at radius 2 is 2.12 bits per heavy atom. The van der Waals surface area contributed by atoms with E-state index in [4.69, 9.17) is 18.4 Å². The molecular formula is C14H19NO8S. The quantitative estimate of drug-likeness (QED) is 0.262. The van der Waals surface area contributed by atoms with Crippen molar-refractivity contribution in [2.75, 3.05) is 19.8 Å². The molecule has 0 spiro atoms. The molecule has 2 bridgehead atoms. The highest BCUT2D eigenvalue weighted by Crippen LogP contribution is 2.53. The van der Waals surface area contributed by atoms with Crippen LogP contribution in [0.15, 0.2) is 12.7 Å². The summed E-state index contributed by atoms with van der Waals surface area (Å²) in [6.07, 6.45) is -0.304. The van der Waals surface area contributed by atoms with E-state index in [2.05, 4.69) is 11.9 Å². The molecule has 134 valence electrons. The van der Waals surface area contributed by atoms with Gasteiger partial charge in [0.15, 0.2) is 0 Å². The Bertz CT molecular complexity index is 662. The molecule has 1 N–H and O–H groups in total. The van der Waals surface area contributed by atoms with E-state index in [0.717, 1.165) is 6.08 Å². The van der Waals surface area contributed by atoms with Gasteiger partial charge in [0.1, 0.15) is 36.7 Å². The minimum Gasteiger partial charge on any atom is -0.462 e. The number of hydrogen-bond acceptors (Lipinski definition) is 8. The zero-order valence-corrected chi connectivity index (χ0v) is 13.9. The average molecular weight is 361 g/mol. The maximum Gasteiger partial charge on any atom is 0.325 e. The lowest BCUT2D eigenvalue weighted by Crippen LogP contribution is -2.47. The van der Waals surface area contributed by atoms with Crippen molar-refractivity contribution in [2.24, 2.45) is 0 Å². The lowest BCUT2D eigenvalue weighted by Gasteiger charge is -2.29. The fourth-order valence-electron chi connectivity index (χ4n) is 3.41. The first kappa shape index (κ1) is 17.3. The fraction of sp³-hybridized carbons (Fsp3) is 0.714. The van der Waals surface area contributed by atoms with Crippen LogP contribution in [0.2, 0.25) is 0 Å². The molecular weight excluding hydrogens is 342 g/mol. The molecule has 3 aliphatic heterocycles. The topological polar surface area (TPSA) is 117 Å². The molecule has 0 aromatic carbocycles. The van der Waals surface area contributed by atoms with Crippen LogP contribution >= 0.6 is 0 Å². The van der Waals surface area contributed by atoms with Crippen molar-refractivity contribution in [3.8, 4) is 0 Å². The van der Waals surface area contributed by atoms with Crippen molar-refractivity contribution >= 4 is 22.0 Å². The Balaban J connectivity index is 1.44. The van der Waals surface area contributed by atoms with E-state index in [0.29, 0.717) is 6.42 Å². The van der Waals surface area contributed by atoms with E-state index in [1.165, 1.54) is 0 Å². The summed E-state index contributed by atoms with van der Waals surface area (Å²) < 4.78 is 45.2. The van der Waals surface area contributed by atoms with Gasteiger partial charge in [0.25, 0.3) is 10.1 Å². The molecule has 0 aromatic heterocycles. The van der Waals surface area contributed by atoms with Gasteiger partial charge in [-0.05, 0) is 13.0 Å². The zero-order valence-electron chi connectivity index (χ0n) is 13.1. The molecule has 5 atom stereocenters. The van der Waals surface area contributed by atoms with E-state index >= 15 is 0 Å². The van der Waals surface area contributed by atoms with Gasteiger partial charge in [-0.15, -0.1) is 0 Å². The molecule has 3 saturated heterocycles. The molecule has 9 nitrogen and oxygen atoms in total. The molecule has 0 saturated carbocycles. The summed E-state index contributed by atoms with van der Waals surface area (Å²) in [4.78, 5) is 22.3. The summed E-state index contributed by atoms with van der Waals surface area (Å²) in [7, 11) is -3.60. The van der Waals surface area contributed by atoms with E-state index in [1.54, 1.807) is 6.92 Å². The summed E-state index contributed by atoms with van der Waals surface area (Å²) in [6, 6.07) is 0. The van der Waals surface area contributed by atoms with Gasteiger partial charge >= 0.3 is 5.97 Å². The molecule has 24 heavy (non-hydrogen) atoms. The SMILES string of the molecule is C=CC(=O)NCC(=O)OCCOC1C2OS(=O)(=O)C3CC1(C)OC23. The Morgan fingerprint density at radius 3 is 2.83 bits per heavy atom. The fourth-order valence-corrected chi connectivity index (χ4v) is 5.15. The molecule has 0 radical (unpaired) electrons. The van der Waals surface area contributed by atoms with Crippen molar-refractivity contribution < 1.29 is 36.4 Å². The number of rotatable bonds is 7. The summed E-state index contributed by atoms with van der Waals surface area (Å²) in [5.74, 6) is -1.08. The predicted molar refractivity (Wildman–Crippen MR) is 79.4 cm³/mol. The van der Waals surface area contributed by atoms with Crippen molar-refractivity contribution in [1.82, 2.24) is 5.32 Å². The third-order valence-corrected chi connectivity index (χ3v) is 6.12. The third-order valence-electron chi connectivity index (χ3n) is 4.45. The minimum atomic E-state index is -3.60. The highest BCUT2D eigenvalue weighted by Gasteiger charge is 2.71. The highest BCUT2D eigenvalue weighted by atomic mass is 32.2. The number of carbonyl (C=O) groups excluding carboxylic acids is 2. The zero-order chi connectivity index (χ0) is 17.5. The second-order valence-corrected chi connectivity index (χ2v) is 7.91. The first-order valence-corrected chi connectivity index (χ1v) is 9.01. The third kappa shape index (κ3) is 2.94. The normalized spacial score (nSPS) is 38.0. The van der Waals surface area contributed by atoms with Crippen LogP contribution in [-0.4, -0.2) is 69.2 Å². The summed E-state index contributed by atoms with van der Waals surface area (Å²) in [5.41, 5.74) is -0.717. The number of amides is 1. The Labute approximate surface area is 139 Å². The summed E-state index contributed by atoms with van der Waals surface area (Å²) in [6.45, 7) is 4.84. The minimum absolute atomic E-state index is 0.0249. The average Bonchev–Trinajstić information content (AvgIpc) is 3.06. The lowest BCUT2D eigenvalue weighted by atomic mass is 9.85. The van der Waals surface area contributed by atoms with Crippen molar-refractivity contribution in [1.29, 1.82) is 0 Å². The smallest absolute Gasteiger partial charge is 0.325 e. The van der Waals surface area contributed by atoms with Gasteiger partial charge in [-0.1, -0.05) is 6.58 Å². The van der Waals surface area contributed by atoms with Gasteiger partial charge in [0, 0.05) is 6.42 Å². The van der Waals surface area contributed by atoms with Gasteiger partial charge < -0.3 is 19.5 Å². The van der Waals surface area contributed by atoms with Crippen LogP contribution in [-0.2, 0) is 38.1 Å². The maximum absolute atomic E-state index is 11.9. The monoisotopic (exact) mass is 361 g/mol. The molecule has 3 fully saturated rings. The predicted octanol–water partition coefficient (Wildman–Crippen LogP) is -1.12. The molecule has 3 aliphatic rings. The van der Waals surface area contributed by atoms with Crippen molar-refractivity contribution in [3.63, 3.8) is 0 Å². The Morgan fingerprint density at radius 1 is 1.38 bits per heavy atom. The van der Waals surface area contributed by atoms with Crippen LogP contribution in [0.3, 0.4) is 0 Å². The van der Waals surface area contributed by atoms with Crippen LogP contribution in [0.5, 0.6) is 0 Å². The van der Waals surface area contributed by atoms with Gasteiger partial charge in [-0.2, -0.15) is 8.42 Å². The van der Waals surface area contributed by atoms with E-state index in [-0.39, 0.29) is 19.8 Å². The number of fused-ring (bicyclic) bond motifs is 1. The Kier molecular flexibility index (Phi) is 4.41. The molecule has 5 unspecified atom stereocenters. The van der Waals surface area contributed by atoms with Crippen molar-refractivity contribution in [2.45, 2.75) is 42.5 Å². The molecule has 3 rings (SSSR count). The molecule has 0 aromatic rings. The van der Waals surface area contributed by atoms with E-state index < -0.39 is 51.2 Å². The first-order chi connectivity index (χ1) is 11.3. The van der Waals surface area contributed by atoms with E-state index in [9.17, 15) is 18.0 Å². The second kappa shape index (κ2) is 6.10. The standard InChI is InChI=1S/C14H19NO8S/c1-3-9(16)15-7-10(17)20-4-5-21-13-12-11-8(24(18,19)23-12)6-14(13,2)22-11/h3,8,11-13H,1,4-7H2,2H3,(H,15,16). The largest absolute Gasteiger partial charge is 0.462 e. The lowest BCUT2D eigenvalue weighted by molar-refractivity contribution is -0.147. The molecule has 10 heteroatoms. The van der Waals surface area contributed by atoms with Gasteiger partial charge in [-0.3, -0.25) is 13.8 Å². The van der Waals surface area contributed by atoms with Crippen LogP contribution < -0.4 is 5.32 Å². The van der Waals surface area contributed by atoms with Crippen LogP contribution in [0, 0.1) is 0 Å². The van der Waals surface area contributed by atoms with Crippen LogP contribution in [0.25, 0.3) is 0 Å². The summed E-state index contributed by atoms with van der Waals surface area (Å²) in [5, 5.41) is 1.67. The highest BCUT2D eigenvalue weighted by molar-refractivity contribution is 7.87. The molecule has 1 amide bonds. The Hall–Kier alpha value is -1.49. The number of esters is 1. The van der Waals surface area contributed by atoms with Crippen LogP contribution in [0.1, 0.15) is 13.3 Å². The second-order valence-electron chi connectivity index (χ2n) is 6.13. The van der Waals surface area contributed by atoms with Gasteiger partial charge in [0.2, 0.25) is 5.91 Å². The number of nitrogens with one attached hydrogen (secondary N) is 1. The number of carbonyl (C=O) groups is 2. The molecule has 0 aliphatic carbocycles. The van der Waals surface area contributed by atoms with Crippen molar-refractivity contribution in [3.05, 3.63) is 12.7 Å². The van der Waals surface area contributed by atoms with Gasteiger partial charge in [-0.25, -0.2) is 0 Å². The van der Waals surface area contributed by atoms with Crippen LogP contribution in [0.4, 0.5) is 0 Å². The summed E-state index contributed by atoms with van der Waals surface area (Å²) >= 11 is 0. The first-order valence-electron chi connectivity index (χ1n) is 7.54. The van der Waals surface area contributed by atoms with E-state index in [1.807, 2.05) is 0 Å². The molecule has 3 heterocycles.